The van der Waals surface area contributed by atoms with E-state index in [2.05, 4.69) is 18.7 Å². The van der Waals surface area contributed by atoms with E-state index in [-0.39, 0.29) is 12.6 Å². The lowest BCUT2D eigenvalue weighted by atomic mass is 10.2. The van der Waals surface area contributed by atoms with Gasteiger partial charge in [-0.05, 0) is 27.2 Å². The van der Waals surface area contributed by atoms with Gasteiger partial charge in [-0.25, -0.2) is 4.79 Å². The van der Waals surface area contributed by atoms with E-state index < -0.39 is 8.07 Å². The first-order valence-corrected chi connectivity index (χ1v) is 13.1. The minimum Gasteiger partial charge on any atom is -0.457 e. The topological polar surface area (TPSA) is 43.4 Å². The van der Waals surface area contributed by atoms with Crippen LogP contribution in [0.3, 0.4) is 0 Å². The van der Waals surface area contributed by atoms with Gasteiger partial charge >= 0.3 is 5.97 Å². The first kappa shape index (κ1) is 21.5. The summed E-state index contributed by atoms with van der Waals surface area (Å²) in [5, 5.41) is 3.03. The van der Waals surface area contributed by atoms with Crippen molar-refractivity contribution >= 4 is 35.9 Å². The molecule has 0 aliphatic heterocycles. The summed E-state index contributed by atoms with van der Waals surface area (Å²) >= 11 is 0. The Bertz CT molecular complexity index is 1220. The molecular formula is C28H24O3Si. The average molecular weight is 437 g/mol. The number of ether oxygens (including phenoxy) is 1. The Balaban J connectivity index is 1.83. The van der Waals surface area contributed by atoms with Crippen LogP contribution in [-0.4, -0.2) is 20.3 Å². The Morgan fingerprint density at radius 2 is 1.31 bits per heavy atom. The Labute approximate surface area is 189 Å². The van der Waals surface area contributed by atoms with Crippen molar-refractivity contribution in [3.8, 4) is 0 Å². The summed E-state index contributed by atoms with van der Waals surface area (Å²) in [7, 11) is -2.69. The Hall–Kier alpha value is -3.76. The molecule has 0 bridgehead atoms. The molecule has 0 spiro atoms. The van der Waals surface area contributed by atoms with Gasteiger partial charge in [-0.1, -0.05) is 110 Å². The zero-order valence-corrected chi connectivity index (χ0v) is 18.9. The molecule has 0 aromatic heterocycles. The predicted molar refractivity (Wildman–Crippen MR) is 131 cm³/mol. The number of rotatable bonds is 7. The van der Waals surface area contributed by atoms with Gasteiger partial charge in [-0.15, -0.1) is 0 Å². The Kier molecular flexibility index (Phi) is 6.43. The van der Waals surface area contributed by atoms with E-state index in [1.165, 1.54) is 0 Å². The van der Waals surface area contributed by atoms with Gasteiger partial charge < -0.3 is 4.74 Å². The lowest BCUT2D eigenvalue weighted by molar-refractivity contribution is 0.0474. The summed E-state index contributed by atoms with van der Waals surface area (Å²) in [4.78, 5) is 25.2. The number of benzene rings is 4. The highest BCUT2D eigenvalue weighted by molar-refractivity contribution is 7.11. The number of carbonyl (C=O) groups excluding carboxylic acids is 2. The van der Waals surface area contributed by atoms with Crippen molar-refractivity contribution in [1.82, 2.24) is 0 Å². The molecule has 0 N–H and O–H groups in total. The summed E-state index contributed by atoms with van der Waals surface area (Å²) in [6.45, 7) is 2.40. The van der Waals surface area contributed by atoms with Gasteiger partial charge in [-0.2, -0.15) is 0 Å². The fourth-order valence-corrected chi connectivity index (χ4v) is 8.25. The van der Waals surface area contributed by atoms with Crippen LogP contribution >= 0.6 is 0 Å². The minimum absolute atomic E-state index is 0.211. The van der Waals surface area contributed by atoms with Gasteiger partial charge in [-0.3, -0.25) is 4.79 Å². The molecule has 4 rings (SSSR count). The zero-order chi connectivity index (χ0) is 22.4. The second-order valence-electron chi connectivity index (χ2n) is 7.80. The van der Waals surface area contributed by atoms with Crippen LogP contribution in [0.25, 0.3) is 0 Å². The summed E-state index contributed by atoms with van der Waals surface area (Å²) in [6.07, 6.45) is 0.903. The van der Waals surface area contributed by atoms with Crippen molar-refractivity contribution in [1.29, 1.82) is 0 Å². The van der Waals surface area contributed by atoms with Crippen LogP contribution in [0.4, 0.5) is 0 Å². The molecule has 1 atom stereocenters. The van der Waals surface area contributed by atoms with Crippen molar-refractivity contribution in [2.45, 2.75) is 13.2 Å². The van der Waals surface area contributed by atoms with Crippen LogP contribution in [0.2, 0.25) is 6.55 Å². The number of aldehydes is 1. The van der Waals surface area contributed by atoms with Crippen molar-refractivity contribution in [2.75, 3.05) is 0 Å². The molecule has 4 aromatic carbocycles. The predicted octanol–water partition coefficient (Wildman–Crippen LogP) is 3.96. The molecule has 4 aromatic rings. The molecule has 0 saturated carbocycles. The van der Waals surface area contributed by atoms with Crippen LogP contribution in [0.5, 0.6) is 0 Å². The second-order valence-corrected chi connectivity index (χ2v) is 11.7. The van der Waals surface area contributed by atoms with E-state index >= 15 is 0 Å². The van der Waals surface area contributed by atoms with E-state index in [9.17, 15) is 9.59 Å². The number of carbonyl (C=O) groups is 2. The number of hydrogen-bond donors (Lipinski definition) is 0. The maximum absolute atomic E-state index is 13.2. The highest BCUT2D eigenvalue weighted by Gasteiger charge is 2.38. The normalized spacial score (nSPS) is 12.5. The fourth-order valence-electron chi connectivity index (χ4n) is 4.18. The summed E-state index contributed by atoms with van der Waals surface area (Å²) in [5.74, 6) is -0.359. The lowest BCUT2D eigenvalue weighted by Gasteiger charge is -2.32. The molecule has 0 amide bonds. The van der Waals surface area contributed by atoms with E-state index in [0.29, 0.717) is 11.1 Å². The molecular weight excluding hydrogens is 412 g/mol. The van der Waals surface area contributed by atoms with E-state index in [1.807, 2.05) is 97.1 Å². The van der Waals surface area contributed by atoms with Crippen LogP contribution in [0, 0.1) is 0 Å². The second kappa shape index (κ2) is 9.58. The maximum atomic E-state index is 13.2. The van der Waals surface area contributed by atoms with Crippen LogP contribution in [0.15, 0.2) is 109 Å². The molecule has 0 saturated heterocycles. The summed E-state index contributed by atoms with van der Waals surface area (Å²) < 4.78 is 5.69. The Morgan fingerprint density at radius 3 is 2.00 bits per heavy atom. The summed E-state index contributed by atoms with van der Waals surface area (Å²) in [6, 6.07) is 35.1. The number of hydrogen-bond acceptors (Lipinski definition) is 3. The largest absolute Gasteiger partial charge is 0.457 e. The average Bonchev–Trinajstić information content (AvgIpc) is 2.88. The van der Waals surface area contributed by atoms with Gasteiger partial charge in [0.15, 0.2) is 0 Å². The molecule has 0 unspecified atom stereocenters. The fraction of sp³-hybridized carbons (Fsp3) is 0.0714. The molecule has 158 valence electrons. The van der Waals surface area contributed by atoms with Crippen LogP contribution in [-0.2, 0) is 11.3 Å². The van der Waals surface area contributed by atoms with Gasteiger partial charge in [0.05, 0.1) is 5.56 Å². The molecule has 32 heavy (non-hydrogen) atoms. The highest BCUT2D eigenvalue weighted by Crippen LogP contribution is 2.14. The molecule has 0 aliphatic carbocycles. The molecule has 4 heteroatoms. The molecule has 0 heterocycles. The van der Waals surface area contributed by atoms with Gasteiger partial charge in [0, 0.05) is 5.56 Å². The quantitative estimate of drug-likeness (QED) is 0.191. The van der Waals surface area contributed by atoms with Gasteiger partial charge in [0.1, 0.15) is 21.0 Å². The first-order valence-electron chi connectivity index (χ1n) is 10.6. The molecule has 0 fully saturated rings. The van der Waals surface area contributed by atoms with E-state index in [4.69, 9.17) is 4.74 Å². The van der Waals surface area contributed by atoms with Crippen LogP contribution in [0.1, 0.15) is 26.3 Å². The summed E-state index contributed by atoms with van der Waals surface area (Å²) in [5.41, 5.74) is 2.13. The third kappa shape index (κ3) is 4.18. The van der Waals surface area contributed by atoms with Crippen molar-refractivity contribution in [2.24, 2.45) is 0 Å². The van der Waals surface area contributed by atoms with Crippen molar-refractivity contribution in [3.63, 3.8) is 0 Å². The van der Waals surface area contributed by atoms with Gasteiger partial charge in [0.25, 0.3) is 0 Å². The standard InChI is InChI=1S/C28H24O3Si/c1-32(24-15-6-3-7-16-24,26-18-10-8-14-23(26)20-29)27-19-11-9-17-25(27)28(30)31-21-22-12-4-2-5-13-22/h2-20H,21H2,1H3/t32-/m1/s1. The molecule has 0 aliphatic rings. The van der Waals surface area contributed by atoms with Crippen LogP contribution < -0.4 is 15.6 Å². The Morgan fingerprint density at radius 1 is 0.750 bits per heavy atom. The SMILES string of the molecule is C[Si@@](c1ccccc1)(c1ccccc1C=O)c1ccccc1C(=O)OCc1ccccc1. The maximum Gasteiger partial charge on any atom is 0.338 e. The molecule has 0 radical (unpaired) electrons. The third-order valence-electron chi connectivity index (χ3n) is 5.88. The number of esters is 1. The highest BCUT2D eigenvalue weighted by atomic mass is 28.3. The lowest BCUT2D eigenvalue weighted by Crippen LogP contribution is -2.66. The monoisotopic (exact) mass is 436 g/mol. The molecule has 3 nitrogen and oxygen atoms in total. The zero-order valence-electron chi connectivity index (χ0n) is 17.9. The third-order valence-corrected chi connectivity index (χ3v) is 10.4. The smallest absolute Gasteiger partial charge is 0.338 e. The van der Waals surface area contributed by atoms with Gasteiger partial charge in [0.2, 0.25) is 0 Å². The van der Waals surface area contributed by atoms with Crippen molar-refractivity contribution in [3.05, 3.63) is 126 Å². The minimum atomic E-state index is -2.69. The van der Waals surface area contributed by atoms with Crippen molar-refractivity contribution < 1.29 is 14.3 Å². The van der Waals surface area contributed by atoms with E-state index in [1.54, 1.807) is 0 Å². The van der Waals surface area contributed by atoms with E-state index in [0.717, 1.165) is 27.4 Å². The first-order chi connectivity index (χ1) is 15.6.